The van der Waals surface area contributed by atoms with Crippen LogP contribution in [0.3, 0.4) is 0 Å². The SMILES string of the molecule is Cc1ccc(C#N)cc1CCCO. The first kappa shape index (κ1) is 9.76. The summed E-state index contributed by atoms with van der Waals surface area (Å²) in [4.78, 5) is 0. The molecule has 1 aromatic rings. The Hall–Kier alpha value is -1.33. The summed E-state index contributed by atoms with van der Waals surface area (Å²) in [5, 5.41) is 17.4. The van der Waals surface area contributed by atoms with E-state index >= 15 is 0 Å². The lowest BCUT2D eigenvalue weighted by molar-refractivity contribution is 0.288. The van der Waals surface area contributed by atoms with Crippen LogP contribution in [0.1, 0.15) is 23.1 Å². The lowest BCUT2D eigenvalue weighted by Gasteiger charge is -2.04. The first-order chi connectivity index (χ1) is 6.27. The van der Waals surface area contributed by atoms with E-state index in [0.29, 0.717) is 5.56 Å². The Morgan fingerprint density at radius 2 is 2.23 bits per heavy atom. The predicted molar refractivity (Wildman–Crippen MR) is 51.3 cm³/mol. The minimum Gasteiger partial charge on any atom is -0.396 e. The molecule has 0 aliphatic carbocycles. The van der Waals surface area contributed by atoms with Gasteiger partial charge in [-0.05, 0) is 43.0 Å². The Labute approximate surface area is 78.4 Å². The first-order valence-corrected chi connectivity index (χ1v) is 4.38. The Morgan fingerprint density at radius 1 is 1.46 bits per heavy atom. The number of rotatable bonds is 3. The van der Waals surface area contributed by atoms with Gasteiger partial charge < -0.3 is 5.11 Å². The van der Waals surface area contributed by atoms with Crippen LogP contribution in [0, 0.1) is 18.3 Å². The zero-order valence-electron chi connectivity index (χ0n) is 7.75. The van der Waals surface area contributed by atoms with Crippen molar-refractivity contribution < 1.29 is 5.11 Å². The maximum absolute atomic E-state index is 8.68. The Morgan fingerprint density at radius 3 is 2.85 bits per heavy atom. The first-order valence-electron chi connectivity index (χ1n) is 4.38. The van der Waals surface area contributed by atoms with Crippen molar-refractivity contribution >= 4 is 0 Å². The fourth-order valence-electron chi connectivity index (χ4n) is 1.28. The van der Waals surface area contributed by atoms with Gasteiger partial charge >= 0.3 is 0 Å². The van der Waals surface area contributed by atoms with Gasteiger partial charge in [-0.2, -0.15) is 5.26 Å². The lowest BCUT2D eigenvalue weighted by atomic mass is 10.0. The second-order valence-electron chi connectivity index (χ2n) is 3.08. The molecule has 0 unspecified atom stereocenters. The monoisotopic (exact) mass is 175 g/mol. The van der Waals surface area contributed by atoms with Gasteiger partial charge in [-0.15, -0.1) is 0 Å². The molecule has 0 fully saturated rings. The van der Waals surface area contributed by atoms with E-state index in [1.807, 2.05) is 25.1 Å². The number of aryl methyl sites for hydroxylation is 2. The topological polar surface area (TPSA) is 44.0 Å². The minimum atomic E-state index is 0.205. The second-order valence-corrected chi connectivity index (χ2v) is 3.08. The molecule has 2 nitrogen and oxygen atoms in total. The molecule has 0 aromatic heterocycles. The molecule has 2 heteroatoms. The highest BCUT2D eigenvalue weighted by Crippen LogP contribution is 2.12. The van der Waals surface area contributed by atoms with Gasteiger partial charge in [0.15, 0.2) is 0 Å². The average Bonchev–Trinajstić information content (AvgIpc) is 2.17. The largest absolute Gasteiger partial charge is 0.396 e. The molecule has 0 saturated heterocycles. The van der Waals surface area contributed by atoms with Gasteiger partial charge in [0.2, 0.25) is 0 Å². The van der Waals surface area contributed by atoms with Crippen LogP contribution < -0.4 is 0 Å². The number of hydrogen-bond acceptors (Lipinski definition) is 2. The molecule has 0 atom stereocenters. The highest BCUT2D eigenvalue weighted by atomic mass is 16.2. The van der Waals surface area contributed by atoms with Crippen LogP contribution in [0.4, 0.5) is 0 Å². The van der Waals surface area contributed by atoms with Gasteiger partial charge in [-0.1, -0.05) is 6.07 Å². The minimum absolute atomic E-state index is 0.205. The molecule has 0 heterocycles. The fourth-order valence-corrected chi connectivity index (χ4v) is 1.28. The molecular formula is C11H13NO. The molecule has 0 amide bonds. The quantitative estimate of drug-likeness (QED) is 0.761. The molecule has 0 saturated carbocycles. The maximum Gasteiger partial charge on any atom is 0.0991 e. The van der Waals surface area contributed by atoms with Crippen molar-refractivity contribution in [3.05, 3.63) is 34.9 Å². The molecule has 0 radical (unpaired) electrons. The van der Waals surface area contributed by atoms with Crippen LogP contribution in [0.5, 0.6) is 0 Å². The lowest BCUT2D eigenvalue weighted by Crippen LogP contribution is -1.93. The maximum atomic E-state index is 8.68. The Kier molecular flexibility index (Phi) is 3.48. The normalized spacial score (nSPS) is 9.62. The third kappa shape index (κ3) is 2.57. The molecular weight excluding hydrogens is 162 g/mol. The smallest absolute Gasteiger partial charge is 0.0991 e. The Balaban J connectivity index is 2.85. The summed E-state index contributed by atoms with van der Waals surface area (Å²) in [6.07, 6.45) is 1.60. The van der Waals surface area contributed by atoms with E-state index in [-0.39, 0.29) is 6.61 Å². The van der Waals surface area contributed by atoms with Gasteiger partial charge in [-0.25, -0.2) is 0 Å². The van der Waals surface area contributed by atoms with Gasteiger partial charge in [0, 0.05) is 6.61 Å². The highest BCUT2D eigenvalue weighted by Gasteiger charge is 1.99. The van der Waals surface area contributed by atoms with E-state index in [9.17, 15) is 0 Å². The zero-order valence-corrected chi connectivity index (χ0v) is 7.75. The molecule has 0 spiro atoms. The van der Waals surface area contributed by atoms with Crippen molar-refractivity contribution in [3.8, 4) is 6.07 Å². The van der Waals surface area contributed by atoms with Crippen LogP contribution in [-0.4, -0.2) is 11.7 Å². The third-order valence-electron chi connectivity index (χ3n) is 2.08. The Bertz CT molecular complexity index is 325. The summed E-state index contributed by atoms with van der Waals surface area (Å²) in [5.74, 6) is 0. The number of nitriles is 1. The summed E-state index contributed by atoms with van der Waals surface area (Å²) < 4.78 is 0. The molecule has 0 aliphatic heterocycles. The van der Waals surface area contributed by atoms with Gasteiger partial charge in [0.1, 0.15) is 0 Å². The number of benzene rings is 1. The van der Waals surface area contributed by atoms with Crippen LogP contribution >= 0.6 is 0 Å². The molecule has 0 aliphatic rings. The summed E-state index contributed by atoms with van der Waals surface area (Å²) in [7, 11) is 0. The van der Waals surface area contributed by atoms with Crippen molar-refractivity contribution in [1.29, 1.82) is 5.26 Å². The highest BCUT2D eigenvalue weighted by molar-refractivity contribution is 5.37. The van der Waals surface area contributed by atoms with E-state index in [0.717, 1.165) is 18.4 Å². The third-order valence-corrected chi connectivity index (χ3v) is 2.08. The molecule has 68 valence electrons. The van der Waals surface area contributed by atoms with E-state index in [4.69, 9.17) is 10.4 Å². The van der Waals surface area contributed by atoms with Crippen LogP contribution in [-0.2, 0) is 6.42 Å². The van der Waals surface area contributed by atoms with Crippen molar-refractivity contribution in [1.82, 2.24) is 0 Å². The van der Waals surface area contributed by atoms with E-state index in [2.05, 4.69) is 6.07 Å². The standard InChI is InChI=1S/C11H13NO/c1-9-4-5-10(8-12)7-11(9)3-2-6-13/h4-5,7,13H,2-3,6H2,1H3. The number of nitrogens with zero attached hydrogens (tertiary/aromatic N) is 1. The molecule has 0 bridgehead atoms. The number of aliphatic hydroxyl groups excluding tert-OH is 1. The second kappa shape index (κ2) is 4.64. The van der Waals surface area contributed by atoms with Crippen LogP contribution in [0.2, 0.25) is 0 Å². The van der Waals surface area contributed by atoms with Gasteiger partial charge in [0.25, 0.3) is 0 Å². The summed E-state index contributed by atoms with van der Waals surface area (Å²) in [6, 6.07) is 7.77. The van der Waals surface area contributed by atoms with Crippen molar-refractivity contribution in [2.75, 3.05) is 6.61 Å². The van der Waals surface area contributed by atoms with Crippen LogP contribution in [0.15, 0.2) is 18.2 Å². The van der Waals surface area contributed by atoms with E-state index in [1.54, 1.807) is 0 Å². The van der Waals surface area contributed by atoms with E-state index < -0.39 is 0 Å². The van der Waals surface area contributed by atoms with Crippen molar-refractivity contribution in [2.45, 2.75) is 19.8 Å². The summed E-state index contributed by atoms with van der Waals surface area (Å²) >= 11 is 0. The molecule has 13 heavy (non-hydrogen) atoms. The predicted octanol–water partition coefficient (Wildman–Crippen LogP) is 1.79. The fraction of sp³-hybridized carbons (Fsp3) is 0.364. The molecule has 1 aromatic carbocycles. The number of hydrogen-bond donors (Lipinski definition) is 1. The van der Waals surface area contributed by atoms with E-state index in [1.165, 1.54) is 5.56 Å². The van der Waals surface area contributed by atoms with Gasteiger partial charge in [0.05, 0.1) is 11.6 Å². The van der Waals surface area contributed by atoms with Crippen LogP contribution in [0.25, 0.3) is 0 Å². The molecule has 1 N–H and O–H groups in total. The molecule has 1 rings (SSSR count). The summed E-state index contributed by atoms with van der Waals surface area (Å²) in [5.41, 5.74) is 3.04. The summed E-state index contributed by atoms with van der Waals surface area (Å²) in [6.45, 7) is 2.23. The zero-order chi connectivity index (χ0) is 9.68. The number of aliphatic hydroxyl groups is 1. The van der Waals surface area contributed by atoms with Crippen molar-refractivity contribution in [2.24, 2.45) is 0 Å². The van der Waals surface area contributed by atoms with Crippen molar-refractivity contribution in [3.63, 3.8) is 0 Å². The van der Waals surface area contributed by atoms with Gasteiger partial charge in [-0.3, -0.25) is 0 Å². The average molecular weight is 175 g/mol.